The zero-order valence-corrected chi connectivity index (χ0v) is 10.5. The summed E-state index contributed by atoms with van der Waals surface area (Å²) in [6, 6.07) is 3.43. The van der Waals surface area contributed by atoms with Crippen molar-refractivity contribution in [3.8, 4) is 0 Å². The first-order chi connectivity index (χ1) is 8.64. The quantitative estimate of drug-likeness (QED) is 0.826. The van der Waals surface area contributed by atoms with Crippen molar-refractivity contribution in [1.29, 1.82) is 0 Å². The summed E-state index contributed by atoms with van der Waals surface area (Å²) in [5.74, 6) is 0.714. The molecule has 2 aliphatic heterocycles. The highest BCUT2D eigenvalue weighted by molar-refractivity contribution is 5.92. The van der Waals surface area contributed by atoms with Gasteiger partial charge in [0.2, 0.25) is 0 Å². The van der Waals surface area contributed by atoms with Gasteiger partial charge >= 0.3 is 0 Å². The second-order valence-electron chi connectivity index (χ2n) is 5.50. The first-order valence-electron chi connectivity index (χ1n) is 6.29. The van der Waals surface area contributed by atoms with Gasteiger partial charge in [-0.05, 0) is 31.5 Å². The number of aliphatic hydroxyl groups excluding tert-OH is 1. The van der Waals surface area contributed by atoms with Crippen LogP contribution in [0.1, 0.15) is 17.0 Å². The highest BCUT2D eigenvalue weighted by Crippen LogP contribution is 2.39. The van der Waals surface area contributed by atoms with Crippen molar-refractivity contribution >= 4 is 5.91 Å². The van der Waals surface area contributed by atoms with Crippen molar-refractivity contribution in [2.75, 3.05) is 33.3 Å². The number of rotatable bonds is 2. The van der Waals surface area contributed by atoms with Gasteiger partial charge in [0.1, 0.15) is 0 Å². The molecular weight excluding hydrogens is 232 g/mol. The summed E-state index contributed by atoms with van der Waals surface area (Å²) < 4.78 is 5.13. The maximum atomic E-state index is 12.1. The molecule has 0 unspecified atom stereocenters. The third kappa shape index (κ3) is 1.66. The molecule has 2 saturated heterocycles. The van der Waals surface area contributed by atoms with Gasteiger partial charge in [-0.3, -0.25) is 9.69 Å². The van der Waals surface area contributed by atoms with Crippen LogP contribution in [0.25, 0.3) is 0 Å². The number of nitrogens with zero attached hydrogens (tertiary/aromatic N) is 2. The number of amides is 1. The summed E-state index contributed by atoms with van der Waals surface area (Å²) in [5, 5.41) is 9.24. The van der Waals surface area contributed by atoms with Crippen LogP contribution in [0, 0.1) is 5.92 Å². The molecule has 5 nitrogen and oxygen atoms in total. The molecule has 1 N–H and O–H groups in total. The molecular formula is C13H18N2O3. The van der Waals surface area contributed by atoms with E-state index in [4.69, 9.17) is 4.42 Å². The van der Waals surface area contributed by atoms with E-state index in [9.17, 15) is 9.90 Å². The Morgan fingerprint density at radius 2 is 2.39 bits per heavy atom. The summed E-state index contributed by atoms with van der Waals surface area (Å²) in [5.41, 5.74) is 0.0790. The number of furan rings is 1. The summed E-state index contributed by atoms with van der Waals surface area (Å²) in [7, 11) is 2.07. The Morgan fingerprint density at radius 3 is 2.94 bits per heavy atom. The highest BCUT2D eigenvalue weighted by Gasteiger charge is 2.53. The van der Waals surface area contributed by atoms with Gasteiger partial charge < -0.3 is 14.4 Å². The largest absolute Gasteiger partial charge is 0.459 e. The maximum Gasteiger partial charge on any atom is 0.289 e. The molecule has 0 aromatic carbocycles. The Bertz CT molecular complexity index is 437. The fourth-order valence-electron chi connectivity index (χ4n) is 3.20. The monoisotopic (exact) mass is 250 g/mol. The van der Waals surface area contributed by atoms with Gasteiger partial charge in [-0.1, -0.05) is 0 Å². The summed E-state index contributed by atoms with van der Waals surface area (Å²) in [6.07, 6.45) is 2.49. The van der Waals surface area contributed by atoms with E-state index in [2.05, 4.69) is 11.9 Å². The average Bonchev–Trinajstić information content (AvgIpc) is 2.93. The Balaban J connectivity index is 1.65. The van der Waals surface area contributed by atoms with Crippen molar-refractivity contribution < 1.29 is 14.3 Å². The van der Waals surface area contributed by atoms with Crippen LogP contribution in [0.3, 0.4) is 0 Å². The molecule has 5 heteroatoms. The lowest BCUT2D eigenvalue weighted by Crippen LogP contribution is -2.68. The second-order valence-corrected chi connectivity index (χ2v) is 5.50. The van der Waals surface area contributed by atoms with Crippen LogP contribution in [0.15, 0.2) is 22.8 Å². The molecule has 1 spiro atoms. The van der Waals surface area contributed by atoms with E-state index in [0.717, 1.165) is 26.1 Å². The van der Waals surface area contributed by atoms with Crippen molar-refractivity contribution in [1.82, 2.24) is 9.80 Å². The van der Waals surface area contributed by atoms with Crippen LogP contribution in [-0.2, 0) is 0 Å². The Labute approximate surface area is 106 Å². The van der Waals surface area contributed by atoms with Crippen molar-refractivity contribution in [2.24, 2.45) is 5.92 Å². The van der Waals surface area contributed by atoms with Crippen molar-refractivity contribution in [2.45, 2.75) is 12.0 Å². The fraction of sp³-hybridized carbons (Fsp3) is 0.615. The molecule has 0 radical (unpaired) electrons. The maximum absolute atomic E-state index is 12.1. The predicted octanol–water partition coefficient (Wildman–Crippen LogP) is 0.418. The molecule has 0 aliphatic carbocycles. The van der Waals surface area contributed by atoms with Crippen LogP contribution < -0.4 is 0 Å². The SMILES string of the molecule is CN1C[C@@H](CO)CC12CN(C(=O)c1ccco1)C2. The van der Waals surface area contributed by atoms with Crippen LogP contribution in [0.5, 0.6) is 0 Å². The topological polar surface area (TPSA) is 56.9 Å². The molecule has 1 amide bonds. The van der Waals surface area contributed by atoms with Gasteiger partial charge in [-0.15, -0.1) is 0 Å². The van der Waals surface area contributed by atoms with Crippen molar-refractivity contribution in [3.05, 3.63) is 24.2 Å². The van der Waals surface area contributed by atoms with Gasteiger partial charge in [-0.25, -0.2) is 0 Å². The number of likely N-dealkylation sites (N-methyl/N-ethyl adjacent to an activating group) is 1. The number of hydrogen-bond acceptors (Lipinski definition) is 4. The molecule has 1 aromatic rings. The van der Waals surface area contributed by atoms with Gasteiger partial charge in [0.15, 0.2) is 5.76 Å². The predicted molar refractivity (Wildman–Crippen MR) is 65.2 cm³/mol. The minimum Gasteiger partial charge on any atom is -0.459 e. The number of carbonyl (C=O) groups excluding carboxylic acids is 1. The third-order valence-corrected chi connectivity index (χ3v) is 4.26. The molecule has 1 atom stereocenters. The minimum absolute atomic E-state index is 0.0357. The van der Waals surface area contributed by atoms with Crippen LogP contribution in [0.2, 0.25) is 0 Å². The molecule has 3 rings (SSSR count). The van der Waals surface area contributed by atoms with E-state index >= 15 is 0 Å². The number of likely N-dealkylation sites (tertiary alicyclic amines) is 2. The van der Waals surface area contributed by atoms with Crippen molar-refractivity contribution in [3.63, 3.8) is 0 Å². The van der Waals surface area contributed by atoms with E-state index in [1.807, 2.05) is 4.90 Å². The molecule has 18 heavy (non-hydrogen) atoms. The zero-order chi connectivity index (χ0) is 12.8. The van der Waals surface area contributed by atoms with Gasteiger partial charge in [0.25, 0.3) is 5.91 Å². The van der Waals surface area contributed by atoms with Gasteiger partial charge in [0, 0.05) is 26.2 Å². The fourth-order valence-corrected chi connectivity index (χ4v) is 3.20. The number of aliphatic hydroxyl groups is 1. The Hall–Kier alpha value is -1.33. The molecule has 2 fully saturated rings. The standard InChI is InChI=1S/C13H18N2O3/c1-14-6-10(7-16)5-13(14)8-15(9-13)12(17)11-3-2-4-18-11/h2-4,10,16H,5-9H2,1H3/t10-/m0/s1. The van der Waals surface area contributed by atoms with E-state index in [1.54, 1.807) is 12.1 Å². The summed E-state index contributed by atoms with van der Waals surface area (Å²) in [6.45, 7) is 2.62. The highest BCUT2D eigenvalue weighted by atomic mass is 16.3. The van der Waals surface area contributed by atoms with Crippen LogP contribution >= 0.6 is 0 Å². The van der Waals surface area contributed by atoms with E-state index in [1.165, 1.54) is 6.26 Å². The Kier molecular flexibility index (Phi) is 2.68. The third-order valence-electron chi connectivity index (χ3n) is 4.26. The average molecular weight is 250 g/mol. The van der Waals surface area contributed by atoms with E-state index in [-0.39, 0.29) is 18.1 Å². The molecule has 98 valence electrons. The smallest absolute Gasteiger partial charge is 0.289 e. The van der Waals surface area contributed by atoms with E-state index in [0.29, 0.717) is 11.7 Å². The van der Waals surface area contributed by atoms with E-state index < -0.39 is 0 Å². The van der Waals surface area contributed by atoms with Gasteiger partial charge in [-0.2, -0.15) is 0 Å². The number of carbonyl (C=O) groups is 1. The van der Waals surface area contributed by atoms with Crippen LogP contribution in [0.4, 0.5) is 0 Å². The van der Waals surface area contributed by atoms with Crippen LogP contribution in [-0.4, -0.2) is 59.6 Å². The summed E-state index contributed by atoms with van der Waals surface area (Å²) >= 11 is 0. The first kappa shape index (κ1) is 11.7. The van der Waals surface area contributed by atoms with Gasteiger partial charge in [0.05, 0.1) is 11.8 Å². The molecule has 1 aromatic heterocycles. The first-order valence-corrected chi connectivity index (χ1v) is 6.29. The second kappa shape index (κ2) is 4.10. The lowest BCUT2D eigenvalue weighted by atomic mass is 9.84. The molecule has 3 heterocycles. The molecule has 0 bridgehead atoms. The molecule has 2 aliphatic rings. The lowest BCUT2D eigenvalue weighted by Gasteiger charge is -2.51. The number of hydrogen-bond donors (Lipinski definition) is 1. The zero-order valence-electron chi connectivity index (χ0n) is 10.5. The normalized spacial score (nSPS) is 26.6. The Morgan fingerprint density at radius 1 is 1.61 bits per heavy atom. The lowest BCUT2D eigenvalue weighted by molar-refractivity contribution is -0.00955. The minimum atomic E-state index is -0.0357. The summed E-state index contributed by atoms with van der Waals surface area (Å²) in [4.78, 5) is 16.1. The molecule has 0 saturated carbocycles.